The van der Waals surface area contributed by atoms with Crippen LogP contribution >= 0.6 is 11.6 Å². The normalized spacial score (nSPS) is 19.4. The molecule has 1 heterocycles. The van der Waals surface area contributed by atoms with Crippen LogP contribution in [0.2, 0.25) is 5.02 Å². The number of fused-ring (bicyclic) bond motifs is 1. The average Bonchev–Trinajstić information content (AvgIpc) is 2.77. The van der Waals surface area contributed by atoms with Crippen molar-refractivity contribution in [3.05, 3.63) is 94.5 Å². The Labute approximate surface area is 189 Å². The number of hydrogen-bond acceptors (Lipinski definition) is 4. The van der Waals surface area contributed by atoms with Crippen LogP contribution in [-0.4, -0.2) is 18.8 Å². The van der Waals surface area contributed by atoms with Gasteiger partial charge in [0.1, 0.15) is 23.6 Å². The zero-order valence-electron chi connectivity index (χ0n) is 18.1. The summed E-state index contributed by atoms with van der Waals surface area (Å²) in [5.41, 5.74) is 3.45. The smallest absolute Gasteiger partial charge is 0.132 e. The van der Waals surface area contributed by atoms with E-state index in [1.54, 1.807) is 0 Å². The highest BCUT2D eigenvalue weighted by Crippen LogP contribution is 2.45. The molecular weight excluding hydrogens is 410 g/mol. The van der Waals surface area contributed by atoms with Crippen LogP contribution in [0.3, 0.4) is 0 Å². The van der Waals surface area contributed by atoms with Crippen LogP contribution in [0.5, 0.6) is 5.75 Å². The lowest BCUT2D eigenvalue weighted by molar-refractivity contribution is -0.170. The maximum atomic E-state index is 6.50. The lowest BCUT2D eigenvalue weighted by Crippen LogP contribution is -2.50. The monoisotopic (exact) mass is 437 g/mol. The van der Waals surface area contributed by atoms with E-state index in [0.29, 0.717) is 18.2 Å². The summed E-state index contributed by atoms with van der Waals surface area (Å²) in [5.74, 6) is 0.819. The van der Waals surface area contributed by atoms with Crippen molar-refractivity contribution < 1.29 is 14.2 Å². The molecule has 2 unspecified atom stereocenters. The Morgan fingerprint density at radius 1 is 0.935 bits per heavy atom. The lowest BCUT2D eigenvalue weighted by atomic mass is 9.87. The molecule has 1 aliphatic rings. The predicted octanol–water partition coefficient (Wildman–Crippen LogP) is 6.40. The van der Waals surface area contributed by atoms with Gasteiger partial charge >= 0.3 is 0 Å². The van der Waals surface area contributed by atoms with E-state index in [1.165, 1.54) is 0 Å². The van der Waals surface area contributed by atoms with Crippen molar-refractivity contribution in [3.8, 4) is 5.75 Å². The molecule has 4 nitrogen and oxygen atoms in total. The van der Waals surface area contributed by atoms with E-state index >= 15 is 0 Å². The lowest BCUT2D eigenvalue weighted by Gasteiger charge is -2.44. The van der Waals surface area contributed by atoms with E-state index in [2.05, 4.69) is 23.5 Å². The molecule has 0 spiro atoms. The van der Waals surface area contributed by atoms with Crippen LogP contribution in [0.25, 0.3) is 0 Å². The molecule has 0 saturated carbocycles. The molecule has 1 N–H and O–H groups in total. The molecule has 162 valence electrons. The fraction of sp³-hybridized carbons (Fsp3) is 0.308. The second-order valence-electron chi connectivity index (χ2n) is 8.25. The van der Waals surface area contributed by atoms with Crippen molar-refractivity contribution in [2.45, 2.75) is 44.9 Å². The molecule has 5 heteroatoms. The van der Waals surface area contributed by atoms with E-state index in [0.717, 1.165) is 28.1 Å². The van der Waals surface area contributed by atoms with Crippen LogP contribution < -0.4 is 10.1 Å². The van der Waals surface area contributed by atoms with Gasteiger partial charge in [-0.2, -0.15) is 0 Å². The van der Waals surface area contributed by atoms with Crippen LogP contribution in [0, 0.1) is 0 Å². The van der Waals surface area contributed by atoms with Crippen molar-refractivity contribution in [2.75, 3.05) is 12.4 Å². The fourth-order valence-corrected chi connectivity index (χ4v) is 4.10. The van der Waals surface area contributed by atoms with E-state index in [4.69, 9.17) is 25.8 Å². The standard InChI is InChI=1S/C26H28ClNO3/c1-26(2)25(30-17-19-11-7-8-12-22(19)27)24(29-16-18-9-5-4-6-10-18)21-15-20(28-3)13-14-23(21)31-26/h4-15,24-25,28H,16-17H2,1-3H3. The summed E-state index contributed by atoms with van der Waals surface area (Å²) in [6.07, 6.45) is -0.623. The highest BCUT2D eigenvalue weighted by Gasteiger charge is 2.45. The van der Waals surface area contributed by atoms with Gasteiger partial charge in [0, 0.05) is 23.3 Å². The van der Waals surface area contributed by atoms with Gasteiger partial charge in [0.05, 0.1) is 13.2 Å². The molecule has 3 aromatic carbocycles. The van der Waals surface area contributed by atoms with Gasteiger partial charge in [0.25, 0.3) is 0 Å². The second-order valence-corrected chi connectivity index (χ2v) is 8.66. The van der Waals surface area contributed by atoms with Crippen molar-refractivity contribution in [2.24, 2.45) is 0 Å². The molecule has 2 atom stereocenters. The maximum absolute atomic E-state index is 6.50. The Morgan fingerprint density at radius 2 is 1.68 bits per heavy atom. The van der Waals surface area contributed by atoms with Crippen molar-refractivity contribution in [3.63, 3.8) is 0 Å². The van der Waals surface area contributed by atoms with Gasteiger partial charge < -0.3 is 19.5 Å². The summed E-state index contributed by atoms with van der Waals surface area (Å²) in [7, 11) is 1.90. The second kappa shape index (κ2) is 9.31. The first kappa shape index (κ1) is 21.7. The third-order valence-corrected chi connectivity index (χ3v) is 5.96. The Bertz CT molecular complexity index is 1020. The first-order valence-electron chi connectivity index (χ1n) is 10.5. The summed E-state index contributed by atoms with van der Waals surface area (Å²) < 4.78 is 19.3. The zero-order valence-corrected chi connectivity index (χ0v) is 18.9. The molecule has 3 aromatic rings. The molecular formula is C26H28ClNO3. The molecule has 0 aliphatic carbocycles. The van der Waals surface area contributed by atoms with Crippen molar-refractivity contribution >= 4 is 17.3 Å². The number of halogens is 1. The number of anilines is 1. The number of ether oxygens (including phenoxy) is 3. The summed E-state index contributed by atoms with van der Waals surface area (Å²) in [6, 6.07) is 24.0. The summed E-state index contributed by atoms with van der Waals surface area (Å²) in [4.78, 5) is 0. The summed E-state index contributed by atoms with van der Waals surface area (Å²) in [6.45, 7) is 4.94. The third kappa shape index (κ3) is 4.87. The number of hydrogen-bond donors (Lipinski definition) is 1. The van der Waals surface area contributed by atoms with Gasteiger partial charge in [0.2, 0.25) is 0 Å². The zero-order chi connectivity index (χ0) is 21.8. The molecule has 0 radical (unpaired) electrons. The van der Waals surface area contributed by atoms with Crippen LogP contribution in [-0.2, 0) is 22.7 Å². The average molecular weight is 438 g/mol. The third-order valence-electron chi connectivity index (χ3n) is 5.59. The van der Waals surface area contributed by atoms with Crippen LogP contribution in [0.1, 0.15) is 36.6 Å². The molecule has 1 aliphatic heterocycles. The summed E-state index contributed by atoms with van der Waals surface area (Å²) in [5, 5.41) is 3.89. The van der Waals surface area contributed by atoms with Crippen molar-refractivity contribution in [1.29, 1.82) is 0 Å². The Morgan fingerprint density at radius 3 is 2.42 bits per heavy atom. The first-order valence-corrected chi connectivity index (χ1v) is 10.9. The molecule has 4 rings (SSSR count). The minimum absolute atomic E-state index is 0.297. The van der Waals surface area contributed by atoms with Gasteiger partial charge in [-0.15, -0.1) is 0 Å². The largest absolute Gasteiger partial charge is 0.485 e. The Kier molecular flexibility index (Phi) is 6.51. The summed E-state index contributed by atoms with van der Waals surface area (Å²) >= 11 is 6.36. The van der Waals surface area contributed by atoms with Gasteiger partial charge in [-0.3, -0.25) is 0 Å². The SMILES string of the molecule is CNc1ccc2c(c1)C(OCc1ccccc1)C(OCc1ccccc1Cl)C(C)(C)O2. The molecule has 0 fully saturated rings. The number of benzene rings is 3. The highest BCUT2D eigenvalue weighted by atomic mass is 35.5. The fourth-order valence-electron chi connectivity index (χ4n) is 3.91. The van der Waals surface area contributed by atoms with E-state index < -0.39 is 5.60 Å². The Hall–Kier alpha value is -2.53. The van der Waals surface area contributed by atoms with Gasteiger partial charge in [0.15, 0.2) is 0 Å². The van der Waals surface area contributed by atoms with Gasteiger partial charge in [-0.1, -0.05) is 60.1 Å². The van der Waals surface area contributed by atoms with Crippen LogP contribution in [0.4, 0.5) is 5.69 Å². The van der Waals surface area contributed by atoms with Crippen LogP contribution in [0.15, 0.2) is 72.8 Å². The van der Waals surface area contributed by atoms with Gasteiger partial charge in [-0.25, -0.2) is 0 Å². The number of rotatable bonds is 7. The Balaban J connectivity index is 1.65. The molecule has 0 amide bonds. The van der Waals surface area contributed by atoms with E-state index in [9.17, 15) is 0 Å². The minimum Gasteiger partial charge on any atom is -0.485 e. The molecule has 0 saturated heterocycles. The quantitative estimate of drug-likeness (QED) is 0.464. The topological polar surface area (TPSA) is 39.7 Å². The first-order chi connectivity index (χ1) is 15.0. The predicted molar refractivity (Wildman–Crippen MR) is 125 cm³/mol. The maximum Gasteiger partial charge on any atom is 0.132 e. The molecule has 0 aromatic heterocycles. The van der Waals surface area contributed by atoms with Gasteiger partial charge in [-0.05, 0) is 49.2 Å². The minimum atomic E-state index is -0.587. The van der Waals surface area contributed by atoms with E-state index in [1.807, 2.05) is 75.5 Å². The van der Waals surface area contributed by atoms with E-state index in [-0.39, 0.29) is 12.2 Å². The number of nitrogens with one attached hydrogen (secondary N) is 1. The van der Waals surface area contributed by atoms with Crippen molar-refractivity contribution in [1.82, 2.24) is 0 Å². The molecule has 31 heavy (non-hydrogen) atoms. The highest BCUT2D eigenvalue weighted by molar-refractivity contribution is 6.31. The molecule has 0 bridgehead atoms.